The van der Waals surface area contributed by atoms with Crippen LogP contribution in [0.3, 0.4) is 0 Å². The van der Waals surface area contributed by atoms with Gasteiger partial charge >= 0.3 is 0 Å². The molecule has 4 rings (SSSR count). The minimum atomic E-state index is -0.788. The highest BCUT2D eigenvalue weighted by atomic mass is 16.5. The molecule has 1 aromatic carbocycles. The van der Waals surface area contributed by atoms with Gasteiger partial charge in [-0.2, -0.15) is 0 Å². The molecule has 0 aliphatic carbocycles. The lowest BCUT2D eigenvalue weighted by Gasteiger charge is -2.27. The van der Waals surface area contributed by atoms with Gasteiger partial charge < -0.3 is 24.4 Å². The largest absolute Gasteiger partial charge is 0.505 e. The number of aliphatic hydroxyl groups excluding tert-OH is 1. The van der Waals surface area contributed by atoms with Gasteiger partial charge in [-0.05, 0) is 76.2 Å². The van der Waals surface area contributed by atoms with Crippen LogP contribution in [0.1, 0.15) is 70.0 Å². The van der Waals surface area contributed by atoms with E-state index in [1.54, 1.807) is 22.4 Å². The lowest BCUT2D eigenvalue weighted by Crippen LogP contribution is -2.33. The smallest absolute Gasteiger partial charge is 0.295 e. The number of unbranched alkanes of at least 4 members (excludes halogenated alkanes) is 1. The molecule has 3 aromatic rings. The molecule has 0 radical (unpaired) electrons. The van der Waals surface area contributed by atoms with Crippen LogP contribution in [0.25, 0.3) is 11.4 Å². The number of hydrogen-bond donors (Lipinski definition) is 1. The summed E-state index contributed by atoms with van der Waals surface area (Å²) in [6.07, 6.45) is 4.40. The van der Waals surface area contributed by atoms with Gasteiger partial charge in [0.2, 0.25) is 0 Å². The molecule has 9 heteroatoms. The van der Waals surface area contributed by atoms with Crippen LogP contribution in [0.4, 0.5) is 0 Å². The molecule has 1 fully saturated rings. The molecule has 41 heavy (non-hydrogen) atoms. The monoisotopic (exact) mass is 562 g/mol. The van der Waals surface area contributed by atoms with Crippen LogP contribution in [0.15, 0.2) is 48.2 Å². The Hall–Kier alpha value is -3.85. The third kappa shape index (κ3) is 6.25. The first-order chi connectivity index (χ1) is 19.9. The van der Waals surface area contributed by atoms with Crippen LogP contribution < -0.4 is 9.47 Å². The second kappa shape index (κ2) is 13.7. The summed E-state index contributed by atoms with van der Waals surface area (Å²) in [6, 6.07) is 10.2. The second-order valence-electron chi connectivity index (χ2n) is 10.2. The minimum absolute atomic E-state index is 0.0497. The molecular weight excluding hydrogens is 520 g/mol. The summed E-state index contributed by atoms with van der Waals surface area (Å²) in [7, 11) is 0. The summed E-state index contributed by atoms with van der Waals surface area (Å²) in [4.78, 5) is 35.6. The Morgan fingerprint density at radius 2 is 1.80 bits per heavy atom. The van der Waals surface area contributed by atoms with Gasteiger partial charge in [-0.3, -0.25) is 14.0 Å². The van der Waals surface area contributed by atoms with Crippen LogP contribution >= 0.6 is 0 Å². The predicted octanol–water partition coefficient (Wildman–Crippen LogP) is 5.37. The summed E-state index contributed by atoms with van der Waals surface area (Å²) in [5.41, 5.74) is 2.33. The normalized spacial score (nSPS) is 16.7. The van der Waals surface area contributed by atoms with E-state index in [1.807, 2.05) is 43.3 Å². The number of ether oxygens (including phenoxy) is 2. The fourth-order valence-corrected chi connectivity index (χ4v) is 5.40. The van der Waals surface area contributed by atoms with Crippen LogP contribution in [-0.4, -0.2) is 75.4 Å². The average molecular weight is 563 g/mol. The quantitative estimate of drug-likeness (QED) is 0.122. The van der Waals surface area contributed by atoms with E-state index in [1.165, 1.54) is 0 Å². The highest BCUT2D eigenvalue weighted by Crippen LogP contribution is 2.42. The molecule has 1 unspecified atom stereocenters. The molecule has 1 N–H and O–H groups in total. The zero-order chi connectivity index (χ0) is 29.5. The molecule has 1 aliphatic rings. The molecule has 1 aliphatic heterocycles. The fraction of sp³-hybridized carbons (Fsp3) is 0.469. The van der Waals surface area contributed by atoms with Crippen LogP contribution in [0, 0.1) is 6.92 Å². The SMILES string of the molecule is CCCCOc1ccc(C2/C(=C(\O)c3c(C)nc4ccccn34)C(=O)C(=O)N2CCCN(CC)CC)cc1OCC. The zero-order valence-electron chi connectivity index (χ0n) is 24.9. The van der Waals surface area contributed by atoms with Gasteiger partial charge in [0.05, 0.1) is 30.5 Å². The van der Waals surface area contributed by atoms with Gasteiger partial charge in [0, 0.05) is 12.7 Å². The first-order valence-electron chi connectivity index (χ1n) is 14.7. The van der Waals surface area contributed by atoms with Crippen molar-refractivity contribution >= 4 is 23.1 Å². The van der Waals surface area contributed by atoms with Crippen LogP contribution in [-0.2, 0) is 9.59 Å². The number of amides is 1. The molecule has 9 nitrogen and oxygen atoms in total. The van der Waals surface area contributed by atoms with Gasteiger partial charge in [0.25, 0.3) is 11.7 Å². The number of likely N-dealkylation sites (tertiary alicyclic amines) is 1. The number of ketones is 1. The summed E-state index contributed by atoms with van der Waals surface area (Å²) in [5.74, 6) is -0.413. The number of imidazole rings is 1. The Bertz CT molecular complexity index is 1410. The Morgan fingerprint density at radius 1 is 1.02 bits per heavy atom. The predicted molar refractivity (Wildman–Crippen MR) is 159 cm³/mol. The summed E-state index contributed by atoms with van der Waals surface area (Å²) in [5, 5.41) is 11.7. The van der Waals surface area contributed by atoms with Gasteiger partial charge in [-0.1, -0.05) is 39.3 Å². The first-order valence-corrected chi connectivity index (χ1v) is 14.7. The summed E-state index contributed by atoms with van der Waals surface area (Å²) in [6.45, 7) is 14.0. The van der Waals surface area contributed by atoms with E-state index in [-0.39, 0.29) is 11.3 Å². The number of benzene rings is 1. The number of carbonyl (C=O) groups is 2. The third-order valence-corrected chi connectivity index (χ3v) is 7.58. The van der Waals surface area contributed by atoms with Crippen molar-refractivity contribution in [2.75, 3.05) is 39.4 Å². The number of nitrogens with zero attached hydrogens (tertiary/aromatic N) is 4. The average Bonchev–Trinajstić information content (AvgIpc) is 3.44. The Labute approximate surface area is 242 Å². The number of hydrogen-bond acceptors (Lipinski definition) is 7. The summed E-state index contributed by atoms with van der Waals surface area (Å²) < 4.78 is 13.7. The summed E-state index contributed by atoms with van der Waals surface area (Å²) >= 11 is 0. The van der Waals surface area contributed by atoms with E-state index in [0.29, 0.717) is 60.3 Å². The van der Waals surface area contributed by atoms with Crippen molar-refractivity contribution < 1.29 is 24.2 Å². The van der Waals surface area contributed by atoms with E-state index in [9.17, 15) is 14.7 Å². The van der Waals surface area contributed by atoms with E-state index in [2.05, 4.69) is 30.7 Å². The van der Waals surface area contributed by atoms with Crippen LogP contribution in [0.2, 0.25) is 0 Å². The van der Waals surface area contributed by atoms with Gasteiger partial charge in [-0.15, -0.1) is 0 Å². The standard InChI is InChI=1S/C32H42N4O5/c1-6-10-20-41-24-16-15-23(21-25(24)40-9-4)29-27(30(37)28-22(5)33-26-14-11-12-18-35(26)28)31(38)32(39)36(29)19-13-17-34(7-2)8-3/h11-12,14-16,18,21,29,37H,6-10,13,17,19-20H2,1-5H3/b30-27+. The number of aromatic nitrogens is 2. The molecule has 220 valence electrons. The van der Waals surface area contributed by atoms with E-state index >= 15 is 0 Å². The van der Waals surface area contributed by atoms with E-state index < -0.39 is 17.7 Å². The molecular formula is C32H42N4O5. The number of Topliss-reactive ketones (excluding diaryl/α,β-unsaturated/α-hetero) is 1. The minimum Gasteiger partial charge on any atom is -0.505 e. The molecule has 1 saturated heterocycles. The third-order valence-electron chi connectivity index (χ3n) is 7.58. The molecule has 0 saturated carbocycles. The zero-order valence-corrected chi connectivity index (χ0v) is 24.9. The second-order valence-corrected chi connectivity index (χ2v) is 10.2. The lowest BCUT2D eigenvalue weighted by molar-refractivity contribution is -0.140. The number of rotatable bonds is 14. The number of carbonyl (C=O) groups excluding carboxylic acids is 2. The van der Waals surface area contributed by atoms with Gasteiger partial charge in [0.1, 0.15) is 11.3 Å². The maximum atomic E-state index is 13.6. The number of fused-ring (bicyclic) bond motifs is 1. The molecule has 0 spiro atoms. The maximum Gasteiger partial charge on any atom is 0.295 e. The van der Waals surface area contributed by atoms with Crippen molar-refractivity contribution in [2.45, 2.75) is 59.9 Å². The molecule has 1 atom stereocenters. The molecule has 1 amide bonds. The molecule has 0 bridgehead atoms. The topological polar surface area (TPSA) is 96.6 Å². The van der Waals surface area contributed by atoms with Gasteiger partial charge in [0.15, 0.2) is 17.3 Å². The fourth-order valence-electron chi connectivity index (χ4n) is 5.40. The van der Waals surface area contributed by atoms with E-state index in [4.69, 9.17) is 9.47 Å². The van der Waals surface area contributed by atoms with Crippen LogP contribution in [0.5, 0.6) is 11.5 Å². The van der Waals surface area contributed by atoms with Gasteiger partial charge in [-0.25, -0.2) is 4.98 Å². The van der Waals surface area contributed by atoms with E-state index in [0.717, 1.165) is 32.5 Å². The highest BCUT2D eigenvalue weighted by Gasteiger charge is 2.46. The van der Waals surface area contributed by atoms with Crippen molar-refractivity contribution in [1.29, 1.82) is 0 Å². The highest BCUT2D eigenvalue weighted by molar-refractivity contribution is 6.46. The molecule has 2 aromatic heterocycles. The Kier molecular flexibility index (Phi) is 10.0. The first kappa shape index (κ1) is 30.1. The van der Waals surface area contributed by atoms with Crippen molar-refractivity contribution in [3.05, 3.63) is 65.1 Å². The lowest BCUT2D eigenvalue weighted by atomic mass is 9.95. The Balaban J connectivity index is 1.83. The Morgan fingerprint density at radius 3 is 2.51 bits per heavy atom. The maximum absolute atomic E-state index is 13.6. The number of pyridine rings is 1. The van der Waals surface area contributed by atoms with Crippen molar-refractivity contribution in [3.63, 3.8) is 0 Å². The van der Waals surface area contributed by atoms with Crippen molar-refractivity contribution in [1.82, 2.24) is 19.2 Å². The number of aliphatic hydroxyl groups is 1. The van der Waals surface area contributed by atoms with Crippen molar-refractivity contribution in [3.8, 4) is 11.5 Å². The molecule has 3 heterocycles. The number of aryl methyl sites for hydroxylation is 1. The van der Waals surface area contributed by atoms with Crippen molar-refractivity contribution in [2.24, 2.45) is 0 Å².